The summed E-state index contributed by atoms with van der Waals surface area (Å²) in [5.74, 6) is 0. The molecule has 0 aliphatic carbocycles. The van der Waals surface area contributed by atoms with E-state index in [1.54, 1.807) is 11.8 Å². The lowest BCUT2D eigenvalue weighted by molar-refractivity contribution is 0.560. The minimum absolute atomic E-state index is 0.155. The molecule has 0 saturated heterocycles. The summed E-state index contributed by atoms with van der Waals surface area (Å²) in [5, 5.41) is 0. The maximum atomic E-state index is 4.57. The lowest BCUT2D eigenvalue weighted by Gasteiger charge is -2.21. The van der Waals surface area contributed by atoms with Crippen molar-refractivity contribution in [1.82, 2.24) is 4.98 Å². The first-order chi connectivity index (χ1) is 6.49. The fraction of sp³-hybridized carbons (Fsp3) is 0.583. The second-order valence-electron chi connectivity index (χ2n) is 4.49. The molecule has 0 fully saturated rings. The zero-order valence-corrected chi connectivity index (χ0v) is 10.5. The standard InChI is InChI=1S/C12H19NS/c1-6-9-7-10(14-5)8-13-11(9)12(2,3)4/h7-8H,6H2,1-5H3. The van der Waals surface area contributed by atoms with E-state index in [0.29, 0.717) is 0 Å². The van der Waals surface area contributed by atoms with Crippen molar-refractivity contribution in [3.05, 3.63) is 23.5 Å². The van der Waals surface area contributed by atoms with E-state index in [2.05, 4.69) is 45.0 Å². The monoisotopic (exact) mass is 209 g/mol. The van der Waals surface area contributed by atoms with Crippen molar-refractivity contribution in [2.45, 2.75) is 44.4 Å². The summed E-state index contributed by atoms with van der Waals surface area (Å²) in [5.41, 5.74) is 2.77. The molecule has 0 radical (unpaired) electrons. The third-order valence-electron chi connectivity index (χ3n) is 2.27. The van der Waals surface area contributed by atoms with Gasteiger partial charge in [-0.2, -0.15) is 0 Å². The van der Waals surface area contributed by atoms with Crippen molar-refractivity contribution in [1.29, 1.82) is 0 Å². The number of rotatable bonds is 2. The molecule has 0 aliphatic rings. The first kappa shape index (κ1) is 11.6. The Balaban J connectivity index is 3.18. The highest BCUT2D eigenvalue weighted by Gasteiger charge is 2.18. The van der Waals surface area contributed by atoms with Crippen molar-refractivity contribution < 1.29 is 0 Å². The van der Waals surface area contributed by atoms with E-state index in [4.69, 9.17) is 0 Å². The van der Waals surface area contributed by atoms with E-state index in [-0.39, 0.29) is 5.41 Å². The van der Waals surface area contributed by atoms with Gasteiger partial charge in [-0.3, -0.25) is 4.98 Å². The van der Waals surface area contributed by atoms with Gasteiger partial charge < -0.3 is 0 Å². The van der Waals surface area contributed by atoms with Crippen LogP contribution in [0.2, 0.25) is 0 Å². The third kappa shape index (κ3) is 2.50. The van der Waals surface area contributed by atoms with Gasteiger partial charge in [-0.25, -0.2) is 0 Å². The van der Waals surface area contributed by atoms with E-state index < -0.39 is 0 Å². The Kier molecular flexibility index (Phi) is 3.59. The molecule has 0 unspecified atom stereocenters. The smallest absolute Gasteiger partial charge is 0.0489 e. The number of aryl methyl sites for hydroxylation is 1. The predicted molar refractivity (Wildman–Crippen MR) is 64.1 cm³/mol. The summed E-state index contributed by atoms with van der Waals surface area (Å²) in [7, 11) is 0. The van der Waals surface area contributed by atoms with Crippen LogP contribution in [0.3, 0.4) is 0 Å². The molecule has 1 rings (SSSR count). The summed E-state index contributed by atoms with van der Waals surface area (Å²) in [6.07, 6.45) is 5.13. The minimum Gasteiger partial charge on any atom is -0.259 e. The predicted octanol–water partition coefficient (Wildman–Crippen LogP) is 3.66. The maximum absolute atomic E-state index is 4.57. The first-order valence-electron chi connectivity index (χ1n) is 5.02. The van der Waals surface area contributed by atoms with Crippen molar-refractivity contribution in [2.24, 2.45) is 0 Å². The van der Waals surface area contributed by atoms with Crippen LogP contribution in [0, 0.1) is 0 Å². The molecule has 78 valence electrons. The van der Waals surface area contributed by atoms with Crippen molar-refractivity contribution >= 4 is 11.8 Å². The molecule has 0 saturated carbocycles. The normalized spacial score (nSPS) is 11.8. The van der Waals surface area contributed by atoms with Gasteiger partial charge in [0.15, 0.2) is 0 Å². The number of nitrogens with zero attached hydrogens (tertiary/aromatic N) is 1. The minimum atomic E-state index is 0.155. The zero-order valence-electron chi connectivity index (χ0n) is 9.72. The summed E-state index contributed by atoms with van der Waals surface area (Å²) in [6, 6.07) is 2.26. The van der Waals surface area contributed by atoms with Gasteiger partial charge in [0.25, 0.3) is 0 Å². The van der Waals surface area contributed by atoms with Crippen LogP contribution >= 0.6 is 11.8 Å². The van der Waals surface area contributed by atoms with E-state index in [1.165, 1.54) is 16.2 Å². The van der Waals surface area contributed by atoms with Gasteiger partial charge in [-0.1, -0.05) is 27.7 Å². The highest BCUT2D eigenvalue weighted by Crippen LogP contribution is 2.26. The van der Waals surface area contributed by atoms with Crippen LogP contribution in [0.5, 0.6) is 0 Å². The highest BCUT2D eigenvalue weighted by molar-refractivity contribution is 7.98. The van der Waals surface area contributed by atoms with Crippen LogP contribution in [-0.4, -0.2) is 11.2 Å². The zero-order chi connectivity index (χ0) is 10.8. The molecule has 0 atom stereocenters. The molecule has 0 spiro atoms. The van der Waals surface area contributed by atoms with Gasteiger partial charge in [0.2, 0.25) is 0 Å². The summed E-state index contributed by atoms with van der Waals surface area (Å²) in [6.45, 7) is 8.84. The average molecular weight is 209 g/mol. The number of aromatic nitrogens is 1. The van der Waals surface area contributed by atoms with Crippen LogP contribution in [0.25, 0.3) is 0 Å². The lowest BCUT2D eigenvalue weighted by Crippen LogP contribution is -2.16. The average Bonchev–Trinajstić information content (AvgIpc) is 2.15. The summed E-state index contributed by atoms with van der Waals surface area (Å²) >= 11 is 1.76. The molecule has 2 heteroatoms. The van der Waals surface area contributed by atoms with Gasteiger partial charge in [0.1, 0.15) is 0 Å². The molecule has 0 N–H and O–H groups in total. The fourth-order valence-corrected chi connectivity index (χ4v) is 1.96. The molecule has 1 aromatic heterocycles. The molecule has 1 heterocycles. The third-order valence-corrected chi connectivity index (χ3v) is 2.96. The van der Waals surface area contributed by atoms with Crippen LogP contribution in [0.4, 0.5) is 0 Å². The van der Waals surface area contributed by atoms with Crippen molar-refractivity contribution in [3.8, 4) is 0 Å². The highest BCUT2D eigenvalue weighted by atomic mass is 32.2. The van der Waals surface area contributed by atoms with E-state index >= 15 is 0 Å². The number of pyridine rings is 1. The molecule has 0 bridgehead atoms. The quantitative estimate of drug-likeness (QED) is 0.689. The van der Waals surface area contributed by atoms with Gasteiger partial charge in [0, 0.05) is 22.2 Å². The van der Waals surface area contributed by atoms with Gasteiger partial charge in [-0.05, 0) is 24.3 Å². The molecule has 0 amide bonds. The molecule has 0 aromatic carbocycles. The largest absolute Gasteiger partial charge is 0.259 e. The maximum Gasteiger partial charge on any atom is 0.0489 e. The Morgan fingerprint density at radius 3 is 2.43 bits per heavy atom. The Bertz CT molecular complexity index is 313. The number of hydrogen-bond donors (Lipinski definition) is 0. The summed E-state index contributed by atoms with van der Waals surface area (Å²) in [4.78, 5) is 5.83. The number of thioether (sulfide) groups is 1. The van der Waals surface area contributed by atoms with Crippen LogP contribution in [0.15, 0.2) is 17.2 Å². The van der Waals surface area contributed by atoms with Gasteiger partial charge in [-0.15, -0.1) is 11.8 Å². The topological polar surface area (TPSA) is 12.9 Å². The van der Waals surface area contributed by atoms with Gasteiger partial charge >= 0.3 is 0 Å². The number of hydrogen-bond acceptors (Lipinski definition) is 2. The second-order valence-corrected chi connectivity index (χ2v) is 5.37. The molecular weight excluding hydrogens is 190 g/mol. The lowest BCUT2D eigenvalue weighted by atomic mass is 9.88. The Morgan fingerprint density at radius 1 is 1.36 bits per heavy atom. The van der Waals surface area contributed by atoms with E-state index in [1.807, 2.05) is 6.20 Å². The molecule has 0 aliphatic heterocycles. The Labute approximate surface area is 91.3 Å². The van der Waals surface area contributed by atoms with Crippen LogP contribution in [-0.2, 0) is 11.8 Å². The van der Waals surface area contributed by atoms with Crippen LogP contribution < -0.4 is 0 Å². The van der Waals surface area contributed by atoms with Crippen LogP contribution in [0.1, 0.15) is 39.0 Å². The molecule has 14 heavy (non-hydrogen) atoms. The SMILES string of the molecule is CCc1cc(SC)cnc1C(C)(C)C. The van der Waals surface area contributed by atoms with Gasteiger partial charge in [0.05, 0.1) is 0 Å². The molecule has 1 aromatic rings. The molecule has 1 nitrogen and oxygen atoms in total. The second kappa shape index (κ2) is 4.35. The fourth-order valence-electron chi connectivity index (χ4n) is 1.54. The Morgan fingerprint density at radius 2 is 2.00 bits per heavy atom. The van der Waals surface area contributed by atoms with E-state index in [0.717, 1.165) is 6.42 Å². The molecular formula is C12H19NS. The first-order valence-corrected chi connectivity index (χ1v) is 6.25. The Hall–Kier alpha value is -0.500. The van der Waals surface area contributed by atoms with Crippen molar-refractivity contribution in [3.63, 3.8) is 0 Å². The van der Waals surface area contributed by atoms with Crippen molar-refractivity contribution in [2.75, 3.05) is 6.26 Å². The summed E-state index contributed by atoms with van der Waals surface area (Å²) < 4.78 is 0. The van der Waals surface area contributed by atoms with E-state index in [9.17, 15) is 0 Å².